The summed E-state index contributed by atoms with van der Waals surface area (Å²) in [5.74, 6) is -1.14. The Labute approximate surface area is 275 Å². The van der Waals surface area contributed by atoms with Crippen molar-refractivity contribution < 1.29 is 23.4 Å². The van der Waals surface area contributed by atoms with E-state index in [1.807, 2.05) is 4.90 Å². The summed E-state index contributed by atoms with van der Waals surface area (Å²) in [6.07, 6.45) is 2.91. The maximum atomic E-state index is 16.3. The van der Waals surface area contributed by atoms with Crippen molar-refractivity contribution in [3.63, 3.8) is 0 Å². The van der Waals surface area contributed by atoms with Gasteiger partial charge in [0.1, 0.15) is 29.9 Å². The number of hydrogen-bond acceptors (Lipinski definition) is 7. The first-order valence-electron chi connectivity index (χ1n) is 15.7. The van der Waals surface area contributed by atoms with Crippen LogP contribution in [0.2, 0.25) is 5.02 Å². The molecular weight excluding hydrogens is 626 g/mol. The highest BCUT2D eigenvalue weighted by Gasteiger charge is 2.45. The van der Waals surface area contributed by atoms with E-state index in [-0.39, 0.29) is 53.6 Å². The van der Waals surface area contributed by atoms with Gasteiger partial charge in [0.05, 0.1) is 40.3 Å². The Morgan fingerprint density at radius 1 is 1.06 bits per heavy atom. The maximum absolute atomic E-state index is 16.3. The molecule has 4 aromatic rings. The molecule has 12 heteroatoms. The summed E-state index contributed by atoms with van der Waals surface area (Å²) in [5.41, 5.74) is 1.25. The van der Waals surface area contributed by atoms with Gasteiger partial charge in [-0.05, 0) is 67.9 Å². The van der Waals surface area contributed by atoms with E-state index in [1.165, 1.54) is 17.0 Å². The van der Waals surface area contributed by atoms with Gasteiger partial charge in [0.15, 0.2) is 0 Å². The number of carboxylic acid groups (broad SMARTS) is 1. The first kappa shape index (κ1) is 30.9. The molecule has 4 heterocycles. The van der Waals surface area contributed by atoms with E-state index in [0.717, 1.165) is 38.8 Å². The molecule has 1 aromatic heterocycles. The molecule has 3 fully saturated rings. The van der Waals surface area contributed by atoms with Crippen LogP contribution in [-0.2, 0) is 0 Å². The molecular formula is C35H31ClF2N6O3. The quantitative estimate of drug-likeness (QED) is 0.237. The summed E-state index contributed by atoms with van der Waals surface area (Å²) >= 11 is 6.42. The van der Waals surface area contributed by atoms with Crippen LogP contribution < -0.4 is 9.64 Å². The molecule has 0 saturated carbocycles. The van der Waals surface area contributed by atoms with Crippen molar-refractivity contribution >= 4 is 45.1 Å². The van der Waals surface area contributed by atoms with Crippen molar-refractivity contribution in [2.45, 2.75) is 43.7 Å². The molecule has 1 amide bonds. The lowest BCUT2D eigenvalue weighted by atomic mass is 9.95. The molecule has 0 bridgehead atoms. The number of anilines is 1. The first-order chi connectivity index (χ1) is 22.7. The largest absolute Gasteiger partial charge is 0.475 e. The number of aromatic nitrogens is 1. The van der Waals surface area contributed by atoms with Gasteiger partial charge in [-0.15, -0.1) is 0 Å². The van der Waals surface area contributed by atoms with Gasteiger partial charge in [-0.25, -0.2) is 18.6 Å². The van der Waals surface area contributed by atoms with Crippen LogP contribution in [0.1, 0.15) is 37.7 Å². The van der Waals surface area contributed by atoms with Crippen LogP contribution >= 0.6 is 11.6 Å². The van der Waals surface area contributed by atoms with E-state index in [0.29, 0.717) is 39.5 Å². The molecule has 3 aliphatic rings. The van der Waals surface area contributed by atoms with Crippen LogP contribution in [0, 0.1) is 34.3 Å². The highest BCUT2D eigenvalue weighted by molar-refractivity contribution is 6.37. The van der Waals surface area contributed by atoms with Gasteiger partial charge in [-0.3, -0.25) is 4.90 Å². The third kappa shape index (κ3) is 5.24. The number of fused-ring (bicyclic) bond motifs is 3. The number of nitriles is 2. The van der Waals surface area contributed by atoms with Gasteiger partial charge in [0.25, 0.3) is 0 Å². The summed E-state index contributed by atoms with van der Waals surface area (Å²) in [4.78, 5) is 22.3. The molecule has 0 radical (unpaired) electrons. The minimum atomic E-state index is -1.13. The lowest BCUT2D eigenvalue weighted by Crippen LogP contribution is -2.55. The minimum Gasteiger partial charge on any atom is -0.475 e. The fourth-order valence-electron chi connectivity index (χ4n) is 7.77. The third-order valence-electron chi connectivity index (χ3n) is 10.0. The van der Waals surface area contributed by atoms with Gasteiger partial charge in [0, 0.05) is 36.0 Å². The van der Waals surface area contributed by atoms with E-state index in [9.17, 15) is 24.8 Å². The van der Waals surface area contributed by atoms with Crippen LogP contribution in [0.3, 0.4) is 0 Å². The molecule has 1 N–H and O–H groups in total. The molecule has 0 unspecified atom stereocenters. The molecule has 7 rings (SSSR count). The number of benzene rings is 3. The predicted octanol–water partition coefficient (Wildman–Crippen LogP) is 6.95. The number of carbonyl (C=O) groups is 1. The molecule has 3 aliphatic heterocycles. The standard InChI is InChI=1S/C35H31ClF2N6O3/c36-31-27(37)7-6-21-4-1-5-23(30(21)31)24-17-29-25(16-28(24)38)32(42-14-15-44(34(45)46)22(19-42)8-11-39)26(18-40)33(41-29)47-20-35-9-2-12-43(35)13-3-10-35/h1,4-7,16-17,22H,2-3,8-10,12-15,19-20H2,(H,45,46)/t22-/m0/s1. The van der Waals surface area contributed by atoms with Crippen molar-refractivity contribution in [3.8, 4) is 29.1 Å². The van der Waals surface area contributed by atoms with Crippen molar-refractivity contribution in [2.75, 3.05) is 44.2 Å². The van der Waals surface area contributed by atoms with Crippen LogP contribution in [0.4, 0.5) is 19.3 Å². The van der Waals surface area contributed by atoms with E-state index in [4.69, 9.17) is 21.3 Å². The normalized spacial score (nSPS) is 19.1. The molecule has 47 heavy (non-hydrogen) atoms. The predicted molar refractivity (Wildman–Crippen MR) is 174 cm³/mol. The molecule has 3 saturated heterocycles. The van der Waals surface area contributed by atoms with E-state index in [1.54, 1.807) is 30.3 Å². The Kier molecular flexibility index (Phi) is 7.99. The zero-order valence-electron chi connectivity index (χ0n) is 25.5. The van der Waals surface area contributed by atoms with E-state index in [2.05, 4.69) is 17.0 Å². The van der Waals surface area contributed by atoms with E-state index >= 15 is 4.39 Å². The van der Waals surface area contributed by atoms with Crippen LogP contribution in [0.15, 0.2) is 42.5 Å². The zero-order chi connectivity index (χ0) is 32.9. The zero-order valence-corrected chi connectivity index (χ0v) is 26.2. The summed E-state index contributed by atoms with van der Waals surface area (Å²) in [5, 5.41) is 31.0. The van der Waals surface area contributed by atoms with Gasteiger partial charge in [-0.2, -0.15) is 10.5 Å². The van der Waals surface area contributed by atoms with Crippen LogP contribution in [0.25, 0.3) is 32.8 Å². The summed E-state index contributed by atoms with van der Waals surface area (Å²) in [7, 11) is 0. The second kappa shape index (κ2) is 12.1. The number of ether oxygens (including phenoxy) is 1. The number of halogens is 3. The number of pyridine rings is 1. The van der Waals surface area contributed by atoms with Crippen molar-refractivity contribution in [1.82, 2.24) is 14.8 Å². The molecule has 3 aromatic carbocycles. The first-order valence-corrected chi connectivity index (χ1v) is 16.1. The highest BCUT2D eigenvalue weighted by Crippen LogP contribution is 2.43. The van der Waals surface area contributed by atoms with E-state index < -0.39 is 23.8 Å². The van der Waals surface area contributed by atoms with Gasteiger partial charge in [0.2, 0.25) is 5.88 Å². The Hall–Kier alpha value is -4.71. The minimum absolute atomic E-state index is 0.0493. The number of rotatable bonds is 6. The summed E-state index contributed by atoms with van der Waals surface area (Å²) in [6, 6.07) is 14.6. The van der Waals surface area contributed by atoms with Crippen molar-refractivity contribution in [1.29, 1.82) is 10.5 Å². The fraction of sp³-hybridized carbons (Fsp3) is 0.371. The topological polar surface area (TPSA) is 117 Å². The Morgan fingerprint density at radius 2 is 1.85 bits per heavy atom. The molecule has 0 aliphatic carbocycles. The van der Waals surface area contributed by atoms with Gasteiger partial charge in [-0.1, -0.05) is 35.9 Å². The average Bonchev–Trinajstić information content (AvgIpc) is 3.65. The van der Waals surface area contributed by atoms with Gasteiger partial charge < -0.3 is 19.6 Å². The fourth-order valence-corrected chi connectivity index (χ4v) is 8.05. The second-order valence-electron chi connectivity index (χ2n) is 12.5. The maximum Gasteiger partial charge on any atom is 0.407 e. The number of amides is 1. The summed E-state index contributed by atoms with van der Waals surface area (Å²) in [6.45, 7) is 2.75. The monoisotopic (exact) mass is 656 g/mol. The Balaban J connectivity index is 1.40. The second-order valence-corrected chi connectivity index (χ2v) is 12.9. The average molecular weight is 657 g/mol. The number of piperazine rings is 1. The van der Waals surface area contributed by atoms with Crippen molar-refractivity contribution in [3.05, 3.63) is 64.7 Å². The van der Waals surface area contributed by atoms with Crippen molar-refractivity contribution in [2.24, 2.45) is 0 Å². The smallest absolute Gasteiger partial charge is 0.407 e. The Morgan fingerprint density at radius 3 is 2.57 bits per heavy atom. The third-order valence-corrected chi connectivity index (χ3v) is 10.4. The van der Waals surface area contributed by atoms with Crippen LogP contribution in [-0.4, -0.2) is 76.9 Å². The number of hydrogen-bond donors (Lipinski definition) is 1. The lowest BCUT2D eigenvalue weighted by molar-refractivity contribution is 0.110. The molecule has 1 atom stereocenters. The van der Waals surface area contributed by atoms with Crippen LogP contribution in [0.5, 0.6) is 5.88 Å². The lowest BCUT2D eigenvalue weighted by Gasteiger charge is -2.41. The molecule has 0 spiro atoms. The van der Waals surface area contributed by atoms with Gasteiger partial charge >= 0.3 is 6.09 Å². The molecule has 240 valence electrons. The SMILES string of the molecule is N#CC[C@H]1CN(c2c(C#N)c(OCC34CCCN3CCC4)nc3cc(-c4cccc5ccc(F)c(Cl)c45)c(F)cc23)CCN1C(=O)O. The highest BCUT2D eigenvalue weighted by atomic mass is 35.5. The summed E-state index contributed by atoms with van der Waals surface area (Å²) < 4.78 is 37.3. The molecule has 9 nitrogen and oxygen atoms in total. The Bertz CT molecular complexity index is 2000. The number of nitrogens with zero attached hydrogens (tertiary/aromatic N) is 6.